The number of amides is 2. The van der Waals surface area contributed by atoms with Crippen LogP contribution in [0.2, 0.25) is 0 Å². The standard InChI is InChI=1S/C35H55N5O6/c1-5-6-17-45-18-19-46-33(44)39-30(22-37-40-36)38-31(43)10-8-7-9-23(2)26-11-12-27-32-28(14-16-35(26,27)4)34(3)15-13-25(41)20-24(34)21-29(32)42/h1,8,10,23-30,32,41-42H,6-7,9,11-22H2,2-4H3,(H,38,43)(H,39,44)/b10-8+/t23-,24+,25-,26-,27+,28+,29?,30?,32+,34+,35-/m1/s1. The van der Waals surface area contributed by atoms with E-state index in [2.05, 4.69) is 47.4 Å². The molecule has 0 radical (unpaired) electrons. The second-order valence-electron chi connectivity index (χ2n) is 14.7. The maximum Gasteiger partial charge on any atom is 0.408 e. The van der Waals surface area contributed by atoms with Crippen LogP contribution in [0.25, 0.3) is 10.4 Å². The first-order valence-corrected chi connectivity index (χ1v) is 17.3. The van der Waals surface area contributed by atoms with Crippen LogP contribution in [0.4, 0.5) is 4.79 Å². The van der Waals surface area contributed by atoms with E-state index in [0.29, 0.717) is 48.5 Å². The SMILES string of the molecule is C#CCCOCCOC(=O)NC(CN=[N+]=[N-])NC(=O)/C=C/CC[C@@H](C)[C@H]1CC[C@H]2[C@@H]3C(O)C[C@@H]4C[C@H](O)CC[C@]4(C)[C@H]3CC[C@]12C. The number of hydrogen-bond donors (Lipinski definition) is 4. The van der Waals surface area contributed by atoms with Crippen LogP contribution in [0.1, 0.15) is 91.4 Å². The minimum absolute atomic E-state index is 0.0180. The molecule has 0 aromatic heterocycles. The van der Waals surface area contributed by atoms with Gasteiger partial charge in [0, 0.05) is 11.3 Å². The van der Waals surface area contributed by atoms with Crippen molar-refractivity contribution in [3.63, 3.8) is 0 Å². The Kier molecular flexibility index (Phi) is 12.8. The fourth-order valence-corrected chi connectivity index (χ4v) is 10.0. The Morgan fingerprint density at radius 3 is 2.61 bits per heavy atom. The molecule has 11 nitrogen and oxygen atoms in total. The van der Waals surface area contributed by atoms with Gasteiger partial charge >= 0.3 is 6.09 Å². The fraction of sp³-hybridized carbons (Fsp3) is 0.829. The molecule has 4 aliphatic rings. The maximum atomic E-state index is 12.6. The van der Waals surface area contributed by atoms with Crippen molar-refractivity contribution in [3.8, 4) is 12.3 Å². The van der Waals surface area contributed by atoms with Gasteiger partial charge in [-0.2, -0.15) is 0 Å². The van der Waals surface area contributed by atoms with Crippen molar-refractivity contribution < 1.29 is 29.3 Å². The molecule has 11 atom stereocenters. The minimum Gasteiger partial charge on any atom is -0.447 e. The summed E-state index contributed by atoms with van der Waals surface area (Å²) in [4.78, 5) is 27.4. The van der Waals surface area contributed by atoms with Crippen LogP contribution in [0.5, 0.6) is 0 Å². The number of azide groups is 1. The maximum absolute atomic E-state index is 12.6. The van der Waals surface area contributed by atoms with Gasteiger partial charge in [0.05, 0.1) is 32.0 Å². The Morgan fingerprint density at radius 1 is 1.09 bits per heavy atom. The smallest absolute Gasteiger partial charge is 0.408 e. The van der Waals surface area contributed by atoms with Crippen LogP contribution in [0, 0.1) is 58.7 Å². The molecule has 0 aromatic carbocycles. The summed E-state index contributed by atoms with van der Waals surface area (Å²) >= 11 is 0. The molecule has 0 aliphatic heterocycles. The van der Waals surface area contributed by atoms with E-state index >= 15 is 0 Å². The zero-order chi connectivity index (χ0) is 33.3. The van der Waals surface area contributed by atoms with Crippen molar-refractivity contribution in [2.45, 2.75) is 110 Å². The zero-order valence-corrected chi connectivity index (χ0v) is 27.9. The highest BCUT2D eigenvalue weighted by Crippen LogP contribution is 2.68. The van der Waals surface area contributed by atoms with Gasteiger partial charge in [-0.05, 0) is 122 Å². The van der Waals surface area contributed by atoms with E-state index in [1.165, 1.54) is 31.8 Å². The summed E-state index contributed by atoms with van der Waals surface area (Å²) in [7, 11) is 0. The lowest BCUT2D eigenvalue weighted by Crippen LogP contribution is -2.58. The average molecular weight is 642 g/mol. The monoisotopic (exact) mass is 641 g/mol. The molecule has 0 heterocycles. The van der Waals surface area contributed by atoms with Gasteiger partial charge in [-0.3, -0.25) is 4.79 Å². The first kappa shape index (κ1) is 36.1. The number of nitrogens with one attached hydrogen (secondary N) is 2. The number of carbonyl (C=O) groups excluding carboxylic acids is 2. The lowest BCUT2D eigenvalue weighted by Gasteiger charge is -2.62. The largest absolute Gasteiger partial charge is 0.447 e. The van der Waals surface area contributed by atoms with Crippen molar-refractivity contribution in [2.24, 2.45) is 51.5 Å². The number of allylic oxidation sites excluding steroid dienone is 1. The fourth-order valence-electron chi connectivity index (χ4n) is 10.0. The van der Waals surface area contributed by atoms with Crippen LogP contribution < -0.4 is 10.6 Å². The quantitative estimate of drug-likeness (QED) is 0.0373. The number of terminal acetylenes is 1. The number of aliphatic hydroxyl groups excluding tert-OH is 2. The molecule has 2 amide bonds. The van der Waals surface area contributed by atoms with Crippen LogP contribution >= 0.6 is 0 Å². The Morgan fingerprint density at radius 2 is 1.85 bits per heavy atom. The van der Waals surface area contributed by atoms with Gasteiger partial charge in [-0.25, -0.2) is 4.79 Å². The van der Waals surface area contributed by atoms with Crippen molar-refractivity contribution in [3.05, 3.63) is 22.6 Å². The predicted molar refractivity (Wildman–Crippen MR) is 175 cm³/mol. The van der Waals surface area contributed by atoms with E-state index in [-0.39, 0.29) is 42.8 Å². The molecule has 0 saturated heterocycles. The van der Waals surface area contributed by atoms with E-state index in [0.717, 1.165) is 38.5 Å². The Balaban J connectivity index is 1.25. The minimum atomic E-state index is -0.918. The van der Waals surface area contributed by atoms with Crippen molar-refractivity contribution >= 4 is 12.0 Å². The van der Waals surface area contributed by atoms with Crippen molar-refractivity contribution in [1.29, 1.82) is 0 Å². The highest BCUT2D eigenvalue weighted by molar-refractivity contribution is 5.88. The highest BCUT2D eigenvalue weighted by Gasteiger charge is 2.62. The lowest BCUT2D eigenvalue weighted by atomic mass is 9.43. The molecular formula is C35H55N5O6. The zero-order valence-electron chi connectivity index (χ0n) is 27.9. The van der Waals surface area contributed by atoms with Crippen LogP contribution in [-0.2, 0) is 14.3 Å². The van der Waals surface area contributed by atoms with E-state index in [1.807, 2.05) is 6.08 Å². The summed E-state index contributed by atoms with van der Waals surface area (Å²) in [5, 5.41) is 30.5. The molecule has 0 aromatic rings. The van der Waals surface area contributed by atoms with Gasteiger partial charge in [-0.15, -0.1) is 12.3 Å². The third-order valence-corrected chi connectivity index (χ3v) is 12.3. The Hall–Kier alpha value is -2.77. The van der Waals surface area contributed by atoms with Crippen LogP contribution in [0.15, 0.2) is 17.3 Å². The summed E-state index contributed by atoms with van der Waals surface area (Å²) < 4.78 is 10.3. The number of fused-ring (bicyclic) bond motifs is 5. The Bertz CT molecular complexity index is 1170. The van der Waals surface area contributed by atoms with Crippen molar-refractivity contribution in [2.75, 3.05) is 26.4 Å². The lowest BCUT2D eigenvalue weighted by molar-refractivity contribution is -0.174. The van der Waals surface area contributed by atoms with Gasteiger partial charge in [0.1, 0.15) is 12.8 Å². The third kappa shape index (κ3) is 8.38. The number of rotatable bonds is 14. The first-order valence-electron chi connectivity index (χ1n) is 17.3. The molecule has 0 spiro atoms. The van der Waals surface area contributed by atoms with E-state index < -0.39 is 18.2 Å². The number of nitrogens with zero attached hydrogens (tertiary/aromatic N) is 3. The van der Waals surface area contributed by atoms with Gasteiger partial charge in [0.2, 0.25) is 5.91 Å². The van der Waals surface area contributed by atoms with Crippen LogP contribution in [-0.4, -0.2) is 67.0 Å². The molecule has 11 heteroatoms. The first-order chi connectivity index (χ1) is 22.0. The van der Waals surface area contributed by atoms with Crippen LogP contribution in [0.3, 0.4) is 0 Å². The molecule has 2 unspecified atom stereocenters. The number of carbonyl (C=O) groups is 2. The second kappa shape index (κ2) is 16.4. The third-order valence-electron chi connectivity index (χ3n) is 12.3. The number of ether oxygens (including phenoxy) is 2. The molecule has 4 aliphatic carbocycles. The topological polar surface area (TPSA) is 166 Å². The van der Waals surface area contributed by atoms with E-state index in [4.69, 9.17) is 21.4 Å². The van der Waals surface area contributed by atoms with Crippen molar-refractivity contribution in [1.82, 2.24) is 10.6 Å². The van der Waals surface area contributed by atoms with Gasteiger partial charge in [-0.1, -0.05) is 32.0 Å². The number of alkyl carbamates (subject to hydrolysis) is 1. The second-order valence-corrected chi connectivity index (χ2v) is 14.7. The molecule has 4 rings (SSSR count). The number of aliphatic hydroxyl groups is 2. The molecule has 4 N–H and O–H groups in total. The molecule has 4 saturated carbocycles. The summed E-state index contributed by atoms with van der Waals surface area (Å²) in [6, 6.07) is 0. The van der Waals surface area contributed by atoms with Gasteiger partial charge < -0.3 is 30.3 Å². The molecule has 46 heavy (non-hydrogen) atoms. The van der Waals surface area contributed by atoms with Gasteiger partial charge in [0.15, 0.2) is 0 Å². The molecular weight excluding hydrogens is 586 g/mol. The summed E-state index contributed by atoms with van der Waals surface area (Å²) in [6.45, 7) is 7.69. The average Bonchev–Trinajstić information content (AvgIpc) is 3.37. The normalized spacial score (nSPS) is 36.2. The van der Waals surface area contributed by atoms with E-state index in [9.17, 15) is 19.8 Å². The number of hydrogen-bond acceptors (Lipinski definition) is 7. The summed E-state index contributed by atoms with van der Waals surface area (Å²) in [6.07, 6.45) is 16.8. The Labute approximate surface area is 274 Å². The molecule has 0 bridgehead atoms. The molecule has 4 fully saturated rings. The van der Waals surface area contributed by atoms with Gasteiger partial charge in [0.25, 0.3) is 0 Å². The summed E-state index contributed by atoms with van der Waals surface area (Å²) in [5.74, 6) is 4.97. The predicted octanol–water partition coefficient (Wildman–Crippen LogP) is 5.47. The molecule has 256 valence electrons. The summed E-state index contributed by atoms with van der Waals surface area (Å²) in [5.41, 5.74) is 9.15. The van der Waals surface area contributed by atoms with E-state index in [1.54, 1.807) is 0 Å². The highest BCUT2D eigenvalue weighted by atomic mass is 16.6.